The molecule has 1 atom stereocenters. The molecule has 84 valence electrons. The highest BCUT2D eigenvalue weighted by Gasteiger charge is 2.42. The monoisotopic (exact) mass is 209 g/mol. The smallest absolute Gasteiger partial charge is 0.128 e. The Hall–Kier alpha value is -0.870. The van der Waals surface area contributed by atoms with Crippen molar-refractivity contribution in [2.45, 2.75) is 37.3 Å². The van der Waals surface area contributed by atoms with Crippen molar-refractivity contribution >= 4 is 0 Å². The van der Waals surface area contributed by atoms with Crippen molar-refractivity contribution in [3.8, 4) is 0 Å². The molecule has 1 unspecified atom stereocenters. The van der Waals surface area contributed by atoms with Gasteiger partial charge in [0.05, 0.1) is 11.6 Å². The molecule has 2 N–H and O–H groups in total. The Labute approximate surface area is 90.4 Å². The van der Waals surface area contributed by atoms with Crippen molar-refractivity contribution in [1.29, 1.82) is 0 Å². The summed E-state index contributed by atoms with van der Waals surface area (Å²) in [6, 6.07) is -0.120. The van der Waals surface area contributed by atoms with Crippen LogP contribution >= 0.6 is 0 Å². The van der Waals surface area contributed by atoms with Crippen molar-refractivity contribution in [3.63, 3.8) is 0 Å². The van der Waals surface area contributed by atoms with E-state index in [-0.39, 0.29) is 11.6 Å². The molecule has 1 fully saturated rings. The highest BCUT2D eigenvalue weighted by molar-refractivity contribution is 5.08. The molecule has 0 spiro atoms. The molecule has 1 heterocycles. The van der Waals surface area contributed by atoms with E-state index >= 15 is 0 Å². The largest absolute Gasteiger partial charge is 0.376 e. The number of ether oxygens (including phenoxy) is 1. The van der Waals surface area contributed by atoms with Gasteiger partial charge in [0.15, 0.2) is 0 Å². The van der Waals surface area contributed by atoms with Crippen LogP contribution in [0.4, 0.5) is 0 Å². The summed E-state index contributed by atoms with van der Waals surface area (Å²) in [5.74, 6) is 0.916. The summed E-state index contributed by atoms with van der Waals surface area (Å²) < 4.78 is 7.64. The number of aryl methyl sites for hydroxylation is 1. The topological polar surface area (TPSA) is 53.1 Å². The van der Waals surface area contributed by atoms with Gasteiger partial charge in [-0.05, 0) is 12.8 Å². The number of nitrogens with zero attached hydrogens (tertiary/aromatic N) is 2. The Kier molecular flexibility index (Phi) is 2.80. The Morgan fingerprint density at radius 3 is 2.67 bits per heavy atom. The zero-order chi connectivity index (χ0) is 10.9. The molecule has 1 aliphatic carbocycles. The second-order valence-corrected chi connectivity index (χ2v) is 4.35. The van der Waals surface area contributed by atoms with Crippen LogP contribution in [0.15, 0.2) is 12.4 Å². The summed E-state index contributed by atoms with van der Waals surface area (Å²) in [4.78, 5) is 4.31. The maximum absolute atomic E-state index is 6.28. The van der Waals surface area contributed by atoms with E-state index in [1.165, 1.54) is 12.8 Å². The molecule has 0 radical (unpaired) electrons. The lowest BCUT2D eigenvalue weighted by molar-refractivity contribution is -0.0290. The van der Waals surface area contributed by atoms with E-state index in [1.54, 1.807) is 13.3 Å². The molecule has 0 aliphatic heterocycles. The standard InChI is InChI=1S/C11H19N3O/c1-14-8-7-13-10(14)9(12)11(15-2)5-3-4-6-11/h7-9H,3-6,12H2,1-2H3. The quantitative estimate of drug-likeness (QED) is 0.818. The zero-order valence-corrected chi connectivity index (χ0v) is 9.44. The van der Waals surface area contributed by atoms with Crippen molar-refractivity contribution < 1.29 is 4.74 Å². The molecule has 0 saturated heterocycles. The minimum absolute atomic E-state index is 0.120. The van der Waals surface area contributed by atoms with Gasteiger partial charge in [-0.25, -0.2) is 4.98 Å². The third-order valence-corrected chi connectivity index (χ3v) is 3.56. The lowest BCUT2D eigenvalue weighted by Gasteiger charge is -2.33. The summed E-state index contributed by atoms with van der Waals surface area (Å²) in [6.45, 7) is 0. The van der Waals surface area contributed by atoms with E-state index in [2.05, 4.69) is 4.98 Å². The molecule has 1 aromatic heterocycles. The number of hydrogen-bond acceptors (Lipinski definition) is 3. The van der Waals surface area contributed by atoms with Gasteiger partial charge >= 0.3 is 0 Å². The zero-order valence-electron chi connectivity index (χ0n) is 9.44. The SMILES string of the molecule is COC1(C(N)c2nccn2C)CCCC1. The first-order valence-corrected chi connectivity index (χ1v) is 5.47. The van der Waals surface area contributed by atoms with Gasteiger partial charge in [0.25, 0.3) is 0 Å². The van der Waals surface area contributed by atoms with Crippen LogP contribution in [0.3, 0.4) is 0 Å². The van der Waals surface area contributed by atoms with Crippen LogP contribution in [0.2, 0.25) is 0 Å². The van der Waals surface area contributed by atoms with Crippen LogP contribution in [0.5, 0.6) is 0 Å². The Balaban J connectivity index is 2.26. The van der Waals surface area contributed by atoms with Gasteiger partial charge in [0.1, 0.15) is 5.82 Å². The summed E-state index contributed by atoms with van der Waals surface area (Å²) >= 11 is 0. The van der Waals surface area contributed by atoms with Gasteiger partial charge in [-0.3, -0.25) is 0 Å². The minimum Gasteiger partial charge on any atom is -0.376 e. The van der Waals surface area contributed by atoms with Crippen LogP contribution in [0.1, 0.15) is 37.5 Å². The van der Waals surface area contributed by atoms with Gasteiger partial charge in [-0.1, -0.05) is 12.8 Å². The molecule has 1 aliphatic rings. The first kappa shape index (κ1) is 10.6. The van der Waals surface area contributed by atoms with E-state index in [0.29, 0.717) is 0 Å². The molecule has 0 amide bonds. The highest BCUT2D eigenvalue weighted by Crippen LogP contribution is 2.40. The van der Waals surface area contributed by atoms with Crippen molar-refractivity contribution in [2.75, 3.05) is 7.11 Å². The fraction of sp³-hybridized carbons (Fsp3) is 0.727. The van der Waals surface area contributed by atoms with Crippen LogP contribution in [0.25, 0.3) is 0 Å². The molecule has 0 bridgehead atoms. The summed E-state index contributed by atoms with van der Waals surface area (Å²) in [6.07, 6.45) is 8.19. The number of nitrogens with two attached hydrogens (primary N) is 1. The van der Waals surface area contributed by atoms with E-state index in [1.807, 2.05) is 17.8 Å². The van der Waals surface area contributed by atoms with E-state index < -0.39 is 0 Å². The number of imidazole rings is 1. The van der Waals surface area contributed by atoms with Crippen molar-refractivity contribution in [3.05, 3.63) is 18.2 Å². The predicted octanol–water partition coefficient (Wildman–Crippen LogP) is 1.38. The molecule has 4 nitrogen and oxygen atoms in total. The van der Waals surface area contributed by atoms with Crippen LogP contribution < -0.4 is 5.73 Å². The fourth-order valence-electron chi connectivity index (χ4n) is 2.53. The first-order chi connectivity index (χ1) is 7.19. The number of rotatable bonds is 3. The summed E-state index contributed by atoms with van der Waals surface area (Å²) in [5.41, 5.74) is 6.09. The fourth-order valence-corrected chi connectivity index (χ4v) is 2.53. The van der Waals surface area contributed by atoms with Crippen LogP contribution in [-0.2, 0) is 11.8 Å². The summed E-state index contributed by atoms with van der Waals surface area (Å²) in [5, 5.41) is 0. The number of methoxy groups -OCH3 is 1. The van der Waals surface area contributed by atoms with Crippen LogP contribution in [-0.4, -0.2) is 22.3 Å². The minimum atomic E-state index is -0.195. The Morgan fingerprint density at radius 1 is 1.53 bits per heavy atom. The van der Waals surface area contributed by atoms with Gasteiger partial charge in [-0.15, -0.1) is 0 Å². The lowest BCUT2D eigenvalue weighted by atomic mass is 9.92. The Bertz CT molecular complexity index is 328. The molecule has 1 saturated carbocycles. The van der Waals surface area contributed by atoms with Crippen molar-refractivity contribution in [2.24, 2.45) is 12.8 Å². The average molecular weight is 209 g/mol. The molecular weight excluding hydrogens is 190 g/mol. The van der Waals surface area contributed by atoms with Gasteiger partial charge in [-0.2, -0.15) is 0 Å². The molecule has 4 heteroatoms. The second-order valence-electron chi connectivity index (χ2n) is 4.35. The van der Waals surface area contributed by atoms with E-state index in [9.17, 15) is 0 Å². The molecule has 1 aromatic rings. The van der Waals surface area contributed by atoms with Gasteiger partial charge in [0.2, 0.25) is 0 Å². The molecule has 0 aromatic carbocycles. The maximum Gasteiger partial charge on any atom is 0.128 e. The third kappa shape index (κ3) is 1.68. The van der Waals surface area contributed by atoms with E-state index in [4.69, 9.17) is 10.5 Å². The Morgan fingerprint density at radius 2 is 2.20 bits per heavy atom. The normalized spacial score (nSPS) is 21.8. The lowest BCUT2D eigenvalue weighted by Crippen LogP contribution is -2.41. The summed E-state index contributed by atoms with van der Waals surface area (Å²) in [7, 11) is 3.73. The van der Waals surface area contributed by atoms with Crippen molar-refractivity contribution in [1.82, 2.24) is 9.55 Å². The maximum atomic E-state index is 6.28. The molecule has 15 heavy (non-hydrogen) atoms. The average Bonchev–Trinajstić information content (AvgIpc) is 2.86. The second kappa shape index (κ2) is 3.94. The van der Waals surface area contributed by atoms with Gasteiger partial charge < -0.3 is 15.0 Å². The number of aromatic nitrogens is 2. The molecular formula is C11H19N3O. The van der Waals surface area contributed by atoms with Gasteiger partial charge in [0, 0.05) is 26.6 Å². The van der Waals surface area contributed by atoms with Crippen LogP contribution in [0, 0.1) is 0 Å². The number of hydrogen-bond donors (Lipinski definition) is 1. The third-order valence-electron chi connectivity index (χ3n) is 3.56. The molecule has 2 rings (SSSR count). The van der Waals surface area contributed by atoms with E-state index in [0.717, 1.165) is 18.7 Å². The highest BCUT2D eigenvalue weighted by atomic mass is 16.5. The first-order valence-electron chi connectivity index (χ1n) is 5.47. The predicted molar refractivity (Wildman–Crippen MR) is 58.3 cm³/mol.